The zero-order chi connectivity index (χ0) is 14.7. The van der Waals surface area contributed by atoms with E-state index in [0.29, 0.717) is 6.54 Å². The zero-order valence-electron chi connectivity index (χ0n) is 12.1. The highest BCUT2D eigenvalue weighted by Gasteiger charge is 2.14. The molecule has 106 valence electrons. The minimum atomic E-state index is -0.268. The van der Waals surface area contributed by atoms with Crippen LogP contribution in [0.3, 0.4) is 0 Å². The predicted octanol–water partition coefficient (Wildman–Crippen LogP) is 3.83. The van der Waals surface area contributed by atoms with Crippen molar-refractivity contribution < 1.29 is 9.13 Å². The van der Waals surface area contributed by atoms with Crippen molar-refractivity contribution in [2.24, 2.45) is 5.73 Å². The van der Waals surface area contributed by atoms with E-state index in [2.05, 4.69) is 13.0 Å². The molecular weight excluding hydrogens is 253 g/mol. The summed E-state index contributed by atoms with van der Waals surface area (Å²) in [6.07, 6.45) is -0.268. The number of halogens is 1. The first-order valence-electron chi connectivity index (χ1n) is 6.71. The molecule has 0 saturated heterocycles. The molecular formula is C17H20FNO. The fraction of sp³-hybridized carbons (Fsp3) is 0.294. The maximum Gasteiger partial charge on any atom is 0.136 e. The van der Waals surface area contributed by atoms with Crippen LogP contribution in [0.2, 0.25) is 0 Å². The van der Waals surface area contributed by atoms with Gasteiger partial charge in [0.05, 0.1) is 0 Å². The smallest absolute Gasteiger partial charge is 0.136 e. The highest BCUT2D eigenvalue weighted by Crippen LogP contribution is 2.28. The van der Waals surface area contributed by atoms with Crippen LogP contribution in [0, 0.1) is 26.6 Å². The highest BCUT2D eigenvalue weighted by molar-refractivity contribution is 5.42. The molecule has 0 fully saturated rings. The molecule has 2 nitrogen and oxygen atoms in total. The Morgan fingerprint density at radius 2 is 1.75 bits per heavy atom. The zero-order valence-corrected chi connectivity index (χ0v) is 12.1. The van der Waals surface area contributed by atoms with E-state index in [-0.39, 0.29) is 11.9 Å². The van der Waals surface area contributed by atoms with Gasteiger partial charge in [0.1, 0.15) is 17.7 Å². The van der Waals surface area contributed by atoms with Crippen molar-refractivity contribution in [2.75, 3.05) is 6.54 Å². The summed E-state index contributed by atoms with van der Waals surface area (Å²) in [4.78, 5) is 0. The van der Waals surface area contributed by atoms with Crippen LogP contribution < -0.4 is 10.5 Å². The standard InChI is InChI=1S/C17H20FNO/c1-11-8-12(2)13(3)16(9-11)20-17(10-19)14-4-6-15(18)7-5-14/h4-9,17H,10,19H2,1-3H3. The van der Waals surface area contributed by atoms with Crippen LogP contribution in [-0.2, 0) is 0 Å². The second kappa shape index (κ2) is 6.06. The number of benzene rings is 2. The predicted molar refractivity (Wildman–Crippen MR) is 79.5 cm³/mol. The maximum absolute atomic E-state index is 13.0. The van der Waals surface area contributed by atoms with Gasteiger partial charge in [0.25, 0.3) is 0 Å². The first-order valence-corrected chi connectivity index (χ1v) is 6.71. The fourth-order valence-electron chi connectivity index (χ4n) is 2.21. The maximum atomic E-state index is 13.0. The Hall–Kier alpha value is -1.87. The molecule has 0 saturated carbocycles. The van der Waals surface area contributed by atoms with E-state index in [1.54, 1.807) is 12.1 Å². The first kappa shape index (κ1) is 14.5. The van der Waals surface area contributed by atoms with Crippen LogP contribution in [0.25, 0.3) is 0 Å². The van der Waals surface area contributed by atoms with Crippen LogP contribution in [0.15, 0.2) is 36.4 Å². The molecule has 0 aromatic heterocycles. The second-order valence-corrected chi connectivity index (χ2v) is 5.10. The molecule has 2 N–H and O–H groups in total. The third-order valence-corrected chi connectivity index (χ3v) is 3.49. The average Bonchev–Trinajstić information content (AvgIpc) is 2.42. The Labute approximate surface area is 119 Å². The van der Waals surface area contributed by atoms with Crippen molar-refractivity contribution in [2.45, 2.75) is 26.9 Å². The largest absolute Gasteiger partial charge is 0.484 e. The number of rotatable bonds is 4. The van der Waals surface area contributed by atoms with Gasteiger partial charge in [-0.1, -0.05) is 18.2 Å². The van der Waals surface area contributed by atoms with E-state index in [1.165, 1.54) is 17.7 Å². The van der Waals surface area contributed by atoms with E-state index in [4.69, 9.17) is 10.5 Å². The fourth-order valence-corrected chi connectivity index (χ4v) is 2.21. The molecule has 0 aliphatic carbocycles. The third kappa shape index (κ3) is 3.17. The van der Waals surface area contributed by atoms with Gasteiger partial charge in [0, 0.05) is 6.54 Å². The molecule has 0 aliphatic heterocycles. The molecule has 0 bridgehead atoms. The quantitative estimate of drug-likeness (QED) is 0.918. The van der Waals surface area contributed by atoms with Crippen LogP contribution in [-0.4, -0.2) is 6.54 Å². The molecule has 3 heteroatoms. The van der Waals surface area contributed by atoms with Gasteiger partial charge in [-0.05, 0) is 61.2 Å². The minimum absolute atomic E-state index is 0.257. The average molecular weight is 273 g/mol. The highest BCUT2D eigenvalue weighted by atomic mass is 19.1. The summed E-state index contributed by atoms with van der Waals surface area (Å²) in [6.45, 7) is 6.47. The van der Waals surface area contributed by atoms with E-state index >= 15 is 0 Å². The molecule has 1 atom stereocenters. The summed E-state index contributed by atoms with van der Waals surface area (Å²) in [5.74, 6) is 0.578. The van der Waals surface area contributed by atoms with Gasteiger partial charge in [-0.2, -0.15) is 0 Å². The van der Waals surface area contributed by atoms with Crippen LogP contribution in [0.1, 0.15) is 28.4 Å². The van der Waals surface area contributed by atoms with Gasteiger partial charge < -0.3 is 10.5 Å². The normalized spacial score (nSPS) is 12.2. The Bertz CT molecular complexity index is 593. The van der Waals surface area contributed by atoms with Crippen LogP contribution in [0.4, 0.5) is 4.39 Å². The number of hydrogen-bond acceptors (Lipinski definition) is 2. The Morgan fingerprint density at radius 3 is 2.35 bits per heavy atom. The van der Waals surface area contributed by atoms with Gasteiger partial charge in [0.2, 0.25) is 0 Å². The molecule has 2 rings (SSSR count). The molecule has 20 heavy (non-hydrogen) atoms. The number of ether oxygens (including phenoxy) is 1. The van der Waals surface area contributed by atoms with Gasteiger partial charge in [0.15, 0.2) is 0 Å². The summed E-state index contributed by atoms with van der Waals surface area (Å²) in [6, 6.07) is 10.4. The molecule has 2 aromatic rings. The van der Waals surface area contributed by atoms with Crippen molar-refractivity contribution in [1.29, 1.82) is 0 Å². The Morgan fingerprint density at radius 1 is 1.10 bits per heavy atom. The molecule has 1 unspecified atom stereocenters. The molecule has 0 amide bonds. The summed E-state index contributed by atoms with van der Waals surface area (Å²) >= 11 is 0. The summed E-state index contributed by atoms with van der Waals surface area (Å²) in [7, 11) is 0. The van der Waals surface area contributed by atoms with Gasteiger partial charge in [-0.3, -0.25) is 0 Å². The Balaban J connectivity index is 2.29. The first-order chi connectivity index (χ1) is 9.51. The van der Waals surface area contributed by atoms with E-state index in [1.807, 2.05) is 19.9 Å². The van der Waals surface area contributed by atoms with Gasteiger partial charge >= 0.3 is 0 Å². The lowest BCUT2D eigenvalue weighted by Crippen LogP contribution is -2.19. The monoisotopic (exact) mass is 273 g/mol. The lowest BCUT2D eigenvalue weighted by Gasteiger charge is -2.20. The second-order valence-electron chi connectivity index (χ2n) is 5.10. The van der Waals surface area contributed by atoms with Crippen LogP contribution >= 0.6 is 0 Å². The molecule has 0 heterocycles. The lowest BCUT2D eigenvalue weighted by molar-refractivity contribution is 0.212. The molecule has 0 aliphatic rings. The van der Waals surface area contributed by atoms with Crippen molar-refractivity contribution in [3.05, 3.63) is 64.5 Å². The third-order valence-electron chi connectivity index (χ3n) is 3.49. The Kier molecular flexibility index (Phi) is 4.40. The number of nitrogens with two attached hydrogens (primary N) is 1. The number of hydrogen-bond donors (Lipinski definition) is 1. The molecule has 2 aromatic carbocycles. The van der Waals surface area contributed by atoms with Gasteiger partial charge in [-0.15, -0.1) is 0 Å². The summed E-state index contributed by atoms with van der Waals surface area (Å²) < 4.78 is 19.0. The molecule has 0 radical (unpaired) electrons. The van der Waals surface area contributed by atoms with Crippen molar-refractivity contribution >= 4 is 0 Å². The minimum Gasteiger partial charge on any atom is -0.484 e. The van der Waals surface area contributed by atoms with Crippen LogP contribution in [0.5, 0.6) is 5.75 Å². The van der Waals surface area contributed by atoms with Crippen molar-refractivity contribution in [3.63, 3.8) is 0 Å². The summed E-state index contributed by atoms with van der Waals surface area (Å²) in [5, 5.41) is 0. The van der Waals surface area contributed by atoms with Crippen molar-refractivity contribution in [1.82, 2.24) is 0 Å². The van der Waals surface area contributed by atoms with E-state index in [9.17, 15) is 4.39 Å². The summed E-state index contributed by atoms with van der Waals surface area (Å²) in [5.41, 5.74) is 10.1. The topological polar surface area (TPSA) is 35.2 Å². The van der Waals surface area contributed by atoms with Gasteiger partial charge in [-0.25, -0.2) is 4.39 Å². The SMILES string of the molecule is Cc1cc(C)c(C)c(OC(CN)c2ccc(F)cc2)c1. The van der Waals surface area contributed by atoms with Crippen molar-refractivity contribution in [3.8, 4) is 5.75 Å². The molecule has 0 spiro atoms. The number of aryl methyl sites for hydroxylation is 2. The van der Waals surface area contributed by atoms with E-state index < -0.39 is 0 Å². The van der Waals surface area contributed by atoms with E-state index in [0.717, 1.165) is 22.4 Å². The lowest BCUT2D eigenvalue weighted by atomic mass is 10.0.